The summed E-state index contributed by atoms with van der Waals surface area (Å²) in [5, 5.41) is 2.72. The van der Waals surface area contributed by atoms with E-state index >= 15 is 0 Å². The van der Waals surface area contributed by atoms with Crippen LogP contribution in [0.15, 0.2) is 78.9 Å². The van der Waals surface area contributed by atoms with Gasteiger partial charge in [0.1, 0.15) is 23.9 Å². The highest BCUT2D eigenvalue weighted by Crippen LogP contribution is 2.19. The summed E-state index contributed by atoms with van der Waals surface area (Å²) in [5.74, 6) is 0.907. The van der Waals surface area contributed by atoms with Crippen LogP contribution in [0.4, 0.5) is 5.69 Å². The number of nitrogens with one attached hydrogen (secondary N) is 1. The Labute approximate surface area is 174 Å². The highest BCUT2D eigenvalue weighted by molar-refractivity contribution is 5.91. The molecule has 3 rings (SSSR count). The number of carbonyl (C=O) groups excluding carboxylic acids is 2. The predicted octanol–water partition coefficient (Wildman–Crippen LogP) is 3.15. The van der Waals surface area contributed by atoms with Gasteiger partial charge >= 0.3 is 0 Å². The molecule has 2 amide bonds. The summed E-state index contributed by atoms with van der Waals surface area (Å²) < 4.78 is 16.4. The van der Waals surface area contributed by atoms with Crippen LogP contribution in [0.3, 0.4) is 0 Å². The summed E-state index contributed by atoms with van der Waals surface area (Å²) in [6.07, 6.45) is 0. The van der Waals surface area contributed by atoms with Gasteiger partial charge in [0.15, 0.2) is 13.2 Å². The first-order valence-corrected chi connectivity index (χ1v) is 9.29. The Morgan fingerprint density at radius 3 is 1.83 bits per heavy atom. The Kier molecular flexibility index (Phi) is 7.27. The lowest BCUT2D eigenvalue weighted by Crippen LogP contribution is -2.20. The smallest absolute Gasteiger partial charge is 0.262 e. The van der Waals surface area contributed by atoms with Gasteiger partial charge in [0.2, 0.25) is 0 Å². The fourth-order valence-electron chi connectivity index (χ4n) is 2.51. The molecule has 0 fully saturated rings. The predicted molar refractivity (Wildman–Crippen MR) is 112 cm³/mol. The molecule has 0 radical (unpaired) electrons. The van der Waals surface area contributed by atoms with E-state index in [4.69, 9.17) is 19.9 Å². The van der Waals surface area contributed by atoms with Gasteiger partial charge in [0.25, 0.3) is 11.8 Å². The van der Waals surface area contributed by atoms with Gasteiger partial charge in [-0.05, 0) is 54.1 Å². The second-order valence-electron chi connectivity index (χ2n) is 6.36. The van der Waals surface area contributed by atoms with Crippen molar-refractivity contribution in [1.29, 1.82) is 0 Å². The number of benzene rings is 3. The minimum atomic E-state index is -0.555. The van der Waals surface area contributed by atoms with Crippen LogP contribution in [0, 0.1) is 0 Å². The van der Waals surface area contributed by atoms with Crippen LogP contribution in [-0.2, 0) is 16.2 Å². The van der Waals surface area contributed by atoms with Gasteiger partial charge in [0.05, 0.1) is 0 Å². The molecule has 0 aliphatic carbocycles. The fourth-order valence-corrected chi connectivity index (χ4v) is 2.51. The molecule has 0 atom stereocenters. The molecule has 0 unspecified atom stereocenters. The first kappa shape index (κ1) is 20.7. The molecule has 0 saturated heterocycles. The molecule has 0 spiro atoms. The maximum absolute atomic E-state index is 12.1. The van der Waals surface area contributed by atoms with Gasteiger partial charge in [-0.3, -0.25) is 9.59 Å². The van der Waals surface area contributed by atoms with E-state index in [9.17, 15) is 9.59 Å². The lowest BCUT2D eigenvalue weighted by molar-refractivity contribution is -0.120. The maximum atomic E-state index is 12.1. The van der Waals surface area contributed by atoms with Crippen LogP contribution in [0.1, 0.15) is 5.56 Å². The Morgan fingerprint density at radius 1 is 0.700 bits per heavy atom. The van der Waals surface area contributed by atoms with E-state index in [1.165, 1.54) is 0 Å². The van der Waals surface area contributed by atoms with Crippen molar-refractivity contribution in [2.24, 2.45) is 5.73 Å². The lowest BCUT2D eigenvalue weighted by atomic mass is 10.2. The molecule has 3 N–H and O–H groups in total. The van der Waals surface area contributed by atoms with Crippen molar-refractivity contribution in [1.82, 2.24) is 0 Å². The number of amides is 2. The number of anilines is 1. The van der Waals surface area contributed by atoms with Crippen LogP contribution in [0.5, 0.6) is 17.2 Å². The Balaban J connectivity index is 1.41. The maximum Gasteiger partial charge on any atom is 0.262 e. The molecule has 7 nitrogen and oxygen atoms in total. The largest absolute Gasteiger partial charge is 0.489 e. The van der Waals surface area contributed by atoms with E-state index in [-0.39, 0.29) is 19.1 Å². The monoisotopic (exact) mass is 406 g/mol. The number of ether oxygens (including phenoxy) is 3. The zero-order valence-electron chi connectivity index (χ0n) is 16.2. The molecule has 0 aromatic heterocycles. The lowest BCUT2D eigenvalue weighted by Gasteiger charge is -2.10. The molecule has 0 heterocycles. The topological polar surface area (TPSA) is 99.9 Å². The number of hydrogen-bond acceptors (Lipinski definition) is 5. The number of rotatable bonds is 10. The number of carbonyl (C=O) groups is 2. The minimum absolute atomic E-state index is 0.135. The van der Waals surface area contributed by atoms with Crippen molar-refractivity contribution in [3.8, 4) is 17.2 Å². The van der Waals surface area contributed by atoms with Crippen molar-refractivity contribution in [3.63, 3.8) is 0 Å². The van der Waals surface area contributed by atoms with Crippen LogP contribution in [0.2, 0.25) is 0 Å². The zero-order chi connectivity index (χ0) is 21.2. The average Bonchev–Trinajstić information content (AvgIpc) is 2.77. The molecule has 154 valence electrons. The van der Waals surface area contributed by atoms with Crippen LogP contribution in [0.25, 0.3) is 0 Å². The van der Waals surface area contributed by atoms with Gasteiger partial charge in [-0.1, -0.05) is 30.3 Å². The highest BCUT2D eigenvalue weighted by atomic mass is 16.5. The SMILES string of the molecule is NC(=O)COc1ccc(NC(=O)COc2ccc(OCc3ccccc3)cc2)cc1. The summed E-state index contributed by atoms with van der Waals surface area (Å²) >= 11 is 0. The van der Waals surface area contributed by atoms with E-state index < -0.39 is 5.91 Å². The molecule has 0 aliphatic rings. The minimum Gasteiger partial charge on any atom is -0.489 e. The van der Waals surface area contributed by atoms with E-state index in [1.54, 1.807) is 48.5 Å². The summed E-state index contributed by atoms with van der Waals surface area (Å²) in [5.41, 5.74) is 6.69. The van der Waals surface area contributed by atoms with E-state index in [1.807, 2.05) is 30.3 Å². The van der Waals surface area contributed by atoms with Gasteiger partial charge < -0.3 is 25.3 Å². The number of nitrogens with two attached hydrogens (primary N) is 1. The standard InChI is InChI=1S/C23H22N2O5/c24-22(26)15-29-19-8-6-18(7-9-19)25-23(27)16-30-21-12-10-20(11-13-21)28-14-17-4-2-1-3-5-17/h1-13H,14-16H2,(H2,24,26)(H,25,27). The first-order valence-electron chi connectivity index (χ1n) is 9.29. The molecule has 0 bridgehead atoms. The summed E-state index contributed by atoms with van der Waals surface area (Å²) in [7, 11) is 0. The Morgan fingerprint density at radius 2 is 1.23 bits per heavy atom. The molecule has 3 aromatic carbocycles. The quantitative estimate of drug-likeness (QED) is 0.539. The number of hydrogen-bond donors (Lipinski definition) is 2. The second kappa shape index (κ2) is 10.5. The van der Waals surface area contributed by atoms with E-state index in [0.717, 1.165) is 5.56 Å². The van der Waals surface area contributed by atoms with Crippen molar-refractivity contribution < 1.29 is 23.8 Å². The van der Waals surface area contributed by atoms with Crippen LogP contribution < -0.4 is 25.3 Å². The average molecular weight is 406 g/mol. The van der Waals surface area contributed by atoms with Crippen LogP contribution >= 0.6 is 0 Å². The zero-order valence-corrected chi connectivity index (χ0v) is 16.2. The van der Waals surface area contributed by atoms with E-state index in [2.05, 4.69) is 5.32 Å². The first-order chi connectivity index (χ1) is 14.6. The van der Waals surface area contributed by atoms with Crippen molar-refractivity contribution in [3.05, 3.63) is 84.4 Å². The molecule has 0 aliphatic heterocycles. The highest BCUT2D eigenvalue weighted by Gasteiger charge is 2.05. The van der Waals surface area contributed by atoms with Crippen LogP contribution in [-0.4, -0.2) is 25.0 Å². The fraction of sp³-hybridized carbons (Fsp3) is 0.130. The molecule has 30 heavy (non-hydrogen) atoms. The molecular formula is C23H22N2O5. The molecular weight excluding hydrogens is 384 g/mol. The third-order valence-electron chi connectivity index (χ3n) is 3.96. The summed E-state index contributed by atoms with van der Waals surface area (Å²) in [6.45, 7) is 0.148. The molecule has 3 aromatic rings. The molecule has 7 heteroatoms. The van der Waals surface area contributed by atoms with Crippen molar-refractivity contribution in [2.45, 2.75) is 6.61 Å². The van der Waals surface area contributed by atoms with E-state index in [0.29, 0.717) is 29.5 Å². The third kappa shape index (κ3) is 6.87. The van der Waals surface area contributed by atoms with Gasteiger partial charge in [0, 0.05) is 5.69 Å². The Hall–Kier alpha value is -4.00. The third-order valence-corrected chi connectivity index (χ3v) is 3.96. The van der Waals surface area contributed by atoms with Crippen molar-refractivity contribution in [2.75, 3.05) is 18.5 Å². The normalized spacial score (nSPS) is 10.1. The van der Waals surface area contributed by atoms with Gasteiger partial charge in [-0.25, -0.2) is 0 Å². The summed E-state index contributed by atoms with van der Waals surface area (Å²) in [4.78, 5) is 22.8. The second-order valence-corrected chi connectivity index (χ2v) is 6.36. The molecule has 0 saturated carbocycles. The van der Waals surface area contributed by atoms with Gasteiger partial charge in [-0.15, -0.1) is 0 Å². The number of primary amides is 1. The Bertz CT molecular complexity index is 957. The summed E-state index contributed by atoms with van der Waals surface area (Å²) in [6, 6.07) is 23.6. The van der Waals surface area contributed by atoms with Crippen molar-refractivity contribution >= 4 is 17.5 Å². The van der Waals surface area contributed by atoms with Gasteiger partial charge in [-0.2, -0.15) is 0 Å².